The van der Waals surface area contributed by atoms with E-state index in [1.54, 1.807) is 0 Å². The highest BCUT2D eigenvalue weighted by molar-refractivity contribution is 5.43. The van der Waals surface area contributed by atoms with Gasteiger partial charge in [0, 0.05) is 11.1 Å². The molecule has 0 fully saturated rings. The fourth-order valence-corrected chi connectivity index (χ4v) is 2.25. The van der Waals surface area contributed by atoms with Crippen LogP contribution >= 0.6 is 0 Å². The van der Waals surface area contributed by atoms with Crippen LogP contribution in [0.4, 0.5) is 61.5 Å². The van der Waals surface area contributed by atoms with Crippen molar-refractivity contribution < 1.29 is 61.5 Å². The Hall–Kier alpha value is -1.76. The van der Waals surface area contributed by atoms with Gasteiger partial charge >= 0.3 is 36.0 Å². The standard InChI is InChI=1S/C14H8F14/c1-2-6-7(9(15,16)11(19,20)13(23,24)25)4-3-5-8(6)10(17,18)12(21,22)14(26,27)28/h3-5H,2H2,1H3. The van der Waals surface area contributed by atoms with E-state index in [0.29, 0.717) is 6.92 Å². The van der Waals surface area contributed by atoms with Crippen LogP contribution < -0.4 is 0 Å². The van der Waals surface area contributed by atoms with Crippen LogP contribution in [0.15, 0.2) is 18.2 Å². The van der Waals surface area contributed by atoms with Crippen molar-refractivity contribution in [3.8, 4) is 0 Å². The molecule has 0 spiro atoms. The van der Waals surface area contributed by atoms with E-state index in [-0.39, 0.29) is 18.2 Å². The van der Waals surface area contributed by atoms with Crippen LogP contribution in [0.25, 0.3) is 0 Å². The lowest BCUT2D eigenvalue weighted by molar-refractivity contribution is -0.361. The molecule has 0 saturated heterocycles. The zero-order chi connectivity index (χ0) is 22.6. The predicted octanol–water partition coefficient (Wildman–Crippen LogP) is 6.83. The van der Waals surface area contributed by atoms with Crippen LogP contribution in [-0.4, -0.2) is 24.2 Å². The lowest BCUT2D eigenvalue weighted by Crippen LogP contribution is -2.52. The monoisotopic (exact) mass is 442 g/mol. The zero-order valence-electron chi connectivity index (χ0n) is 13.2. The first-order chi connectivity index (χ1) is 12.2. The molecule has 0 aliphatic heterocycles. The molecule has 0 atom stereocenters. The average molecular weight is 442 g/mol. The summed E-state index contributed by atoms with van der Waals surface area (Å²) in [6.45, 7) is 0.617. The van der Waals surface area contributed by atoms with Crippen molar-refractivity contribution in [3.63, 3.8) is 0 Å². The molecule has 0 aliphatic carbocycles. The summed E-state index contributed by atoms with van der Waals surface area (Å²) in [6.07, 6.45) is -15.0. The van der Waals surface area contributed by atoms with Crippen LogP contribution in [-0.2, 0) is 18.3 Å². The number of hydrogen-bond donors (Lipinski definition) is 0. The first-order valence-electron chi connectivity index (χ1n) is 6.95. The summed E-state index contributed by atoms with van der Waals surface area (Å²) in [4.78, 5) is 0. The van der Waals surface area contributed by atoms with Gasteiger partial charge in [0.05, 0.1) is 0 Å². The quantitative estimate of drug-likeness (QED) is 0.439. The summed E-state index contributed by atoms with van der Waals surface area (Å²) in [5.41, 5.74) is -6.80. The number of hydrogen-bond acceptors (Lipinski definition) is 0. The Kier molecular flexibility index (Phi) is 5.76. The number of halogens is 14. The minimum atomic E-state index is -6.88. The Labute approximate surface area is 147 Å². The number of alkyl halides is 14. The van der Waals surface area contributed by atoms with Crippen molar-refractivity contribution in [2.45, 2.75) is 49.4 Å². The molecule has 28 heavy (non-hydrogen) atoms. The third-order valence-electron chi connectivity index (χ3n) is 3.71. The Morgan fingerprint density at radius 3 is 1.07 bits per heavy atom. The predicted molar refractivity (Wildman–Crippen MR) is 65.6 cm³/mol. The molecule has 0 radical (unpaired) electrons. The molecule has 0 aliphatic rings. The van der Waals surface area contributed by atoms with Crippen LogP contribution in [0.5, 0.6) is 0 Å². The van der Waals surface area contributed by atoms with Gasteiger partial charge in [-0.15, -0.1) is 0 Å². The van der Waals surface area contributed by atoms with Crippen molar-refractivity contribution in [2.24, 2.45) is 0 Å². The molecule has 1 aromatic rings. The fraction of sp³-hybridized carbons (Fsp3) is 0.571. The van der Waals surface area contributed by atoms with Crippen LogP contribution in [0.3, 0.4) is 0 Å². The largest absolute Gasteiger partial charge is 0.460 e. The van der Waals surface area contributed by atoms with E-state index < -0.39 is 59.2 Å². The van der Waals surface area contributed by atoms with Gasteiger partial charge in [-0.2, -0.15) is 61.5 Å². The molecule has 14 heteroatoms. The van der Waals surface area contributed by atoms with Crippen LogP contribution in [0.2, 0.25) is 0 Å². The van der Waals surface area contributed by atoms with E-state index in [1.807, 2.05) is 0 Å². The number of rotatable bonds is 5. The molecular weight excluding hydrogens is 434 g/mol. The summed E-state index contributed by atoms with van der Waals surface area (Å²) < 4.78 is 182. The van der Waals surface area contributed by atoms with E-state index >= 15 is 0 Å². The van der Waals surface area contributed by atoms with E-state index in [9.17, 15) is 61.5 Å². The molecule has 1 aromatic carbocycles. The van der Waals surface area contributed by atoms with Gasteiger partial charge in [0.25, 0.3) is 0 Å². The highest BCUT2D eigenvalue weighted by Crippen LogP contribution is 2.56. The second-order valence-electron chi connectivity index (χ2n) is 5.48. The Bertz CT molecular complexity index is 653. The molecule has 0 bridgehead atoms. The van der Waals surface area contributed by atoms with Gasteiger partial charge in [0.15, 0.2) is 0 Å². The summed E-state index contributed by atoms with van der Waals surface area (Å²) in [6, 6.07) is -0.432. The minimum Gasteiger partial charge on any atom is -0.194 e. The maximum Gasteiger partial charge on any atom is 0.460 e. The van der Waals surface area contributed by atoms with Gasteiger partial charge in [-0.25, -0.2) is 0 Å². The zero-order valence-corrected chi connectivity index (χ0v) is 13.2. The smallest absolute Gasteiger partial charge is 0.194 e. The highest BCUT2D eigenvalue weighted by Gasteiger charge is 2.76. The fourth-order valence-electron chi connectivity index (χ4n) is 2.25. The van der Waals surface area contributed by atoms with E-state index in [4.69, 9.17) is 0 Å². The van der Waals surface area contributed by atoms with Gasteiger partial charge in [0.1, 0.15) is 0 Å². The summed E-state index contributed by atoms with van der Waals surface area (Å²) in [7, 11) is 0. The highest BCUT2D eigenvalue weighted by atomic mass is 19.4. The Morgan fingerprint density at radius 2 is 0.857 bits per heavy atom. The summed E-state index contributed by atoms with van der Waals surface area (Å²) >= 11 is 0. The third-order valence-corrected chi connectivity index (χ3v) is 3.71. The Morgan fingerprint density at radius 1 is 0.571 bits per heavy atom. The molecule has 1 rings (SSSR count). The third kappa shape index (κ3) is 3.38. The molecule has 0 nitrogen and oxygen atoms in total. The topological polar surface area (TPSA) is 0 Å². The van der Waals surface area contributed by atoms with Gasteiger partial charge in [-0.3, -0.25) is 0 Å². The van der Waals surface area contributed by atoms with Gasteiger partial charge in [-0.05, 0) is 12.0 Å². The molecule has 0 amide bonds. The molecular formula is C14H8F14. The molecule has 0 unspecified atom stereocenters. The van der Waals surface area contributed by atoms with Crippen LogP contribution in [0.1, 0.15) is 23.6 Å². The second kappa shape index (κ2) is 6.65. The second-order valence-corrected chi connectivity index (χ2v) is 5.48. The molecule has 0 N–H and O–H groups in total. The number of benzene rings is 1. The minimum absolute atomic E-state index is 0.0510. The van der Waals surface area contributed by atoms with Crippen LogP contribution in [0, 0.1) is 0 Å². The molecule has 0 heterocycles. The normalized spacial score (nSPS) is 15.1. The first-order valence-corrected chi connectivity index (χ1v) is 6.95. The SMILES string of the molecule is CCc1c(C(F)(F)C(F)(F)C(F)(F)F)cccc1C(F)(F)C(F)(F)C(F)(F)F. The summed E-state index contributed by atoms with van der Waals surface area (Å²) in [5, 5.41) is 0. The van der Waals surface area contributed by atoms with Gasteiger partial charge < -0.3 is 0 Å². The van der Waals surface area contributed by atoms with Gasteiger partial charge in [0.2, 0.25) is 0 Å². The van der Waals surface area contributed by atoms with E-state index in [1.165, 1.54) is 0 Å². The van der Waals surface area contributed by atoms with E-state index in [0.717, 1.165) is 0 Å². The molecule has 162 valence electrons. The molecule has 0 saturated carbocycles. The van der Waals surface area contributed by atoms with Crippen molar-refractivity contribution in [3.05, 3.63) is 34.9 Å². The van der Waals surface area contributed by atoms with Gasteiger partial charge in [-0.1, -0.05) is 25.1 Å². The average Bonchev–Trinajstić information content (AvgIpc) is 2.51. The van der Waals surface area contributed by atoms with Crippen molar-refractivity contribution in [1.82, 2.24) is 0 Å². The van der Waals surface area contributed by atoms with Crippen molar-refractivity contribution in [2.75, 3.05) is 0 Å². The maximum atomic E-state index is 13.9. The first kappa shape index (κ1) is 24.3. The van der Waals surface area contributed by atoms with Crippen molar-refractivity contribution >= 4 is 0 Å². The van der Waals surface area contributed by atoms with E-state index in [2.05, 4.69) is 0 Å². The van der Waals surface area contributed by atoms with Crippen molar-refractivity contribution in [1.29, 1.82) is 0 Å². The lowest BCUT2D eigenvalue weighted by Gasteiger charge is -2.33. The maximum absolute atomic E-state index is 13.9. The lowest BCUT2D eigenvalue weighted by atomic mass is 9.87. The molecule has 0 aromatic heterocycles. The Balaban J connectivity index is 3.81. The summed E-state index contributed by atoms with van der Waals surface area (Å²) in [5.74, 6) is -26.1.